The Bertz CT molecular complexity index is 392. The van der Waals surface area contributed by atoms with Crippen LogP contribution in [0.2, 0.25) is 0 Å². The van der Waals surface area contributed by atoms with Crippen LogP contribution in [0, 0.1) is 23.5 Å². The molecule has 3 unspecified atom stereocenters. The topological polar surface area (TPSA) is 12.0 Å². The minimum atomic E-state index is -0.397. The Morgan fingerprint density at radius 1 is 1.12 bits per heavy atom. The van der Waals surface area contributed by atoms with Crippen LogP contribution in [0.4, 0.5) is 14.5 Å². The zero-order chi connectivity index (χ0) is 12.4. The molecule has 17 heavy (non-hydrogen) atoms. The van der Waals surface area contributed by atoms with Crippen molar-refractivity contribution in [2.24, 2.45) is 11.8 Å². The summed E-state index contributed by atoms with van der Waals surface area (Å²) in [6.07, 6.45) is 3.20. The summed E-state index contributed by atoms with van der Waals surface area (Å²) < 4.78 is 26.5. The Labute approximate surface area is 101 Å². The first kappa shape index (κ1) is 12.3. The molecule has 1 fully saturated rings. The Morgan fingerprint density at radius 3 is 2.59 bits per heavy atom. The van der Waals surface area contributed by atoms with Gasteiger partial charge in [-0.15, -0.1) is 0 Å². The number of anilines is 1. The molecule has 1 aromatic carbocycles. The normalized spacial score (nSPS) is 29.1. The van der Waals surface area contributed by atoms with Crippen LogP contribution in [0.1, 0.15) is 33.1 Å². The van der Waals surface area contributed by atoms with Crippen LogP contribution >= 0.6 is 0 Å². The molecule has 0 saturated heterocycles. The van der Waals surface area contributed by atoms with Gasteiger partial charge in [0.1, 0.15) is 11.6 Å². The van der Waals surface area contributed by atoms with E-state index in [-0.39, 0.29) is 17.5 Å². The summed E-state index contributed by atoms with van der Waals surface area (Å²) in [4.78, 5) is 0. The number of nitrogens with one attached hydrogen (secondary N) is 1. The molecule has 0 aliphatic heterocycles. The Kier molecular flexibility index (Phi) is 3.65. The van der Waals surface area contributed by atoms with E-state index in [4.69, 9.17) is 0 Å². The summed E-state index contributed by atoms with van der Waals surface area (Å²) in [5.41, 5.74) is 0.289. The van der Waals surface area contributed by atoms with Crippen LogP contribution in [0.25, 0.3) is 0 Å². The van der Waals surface area contributed by atoms with Crippen molar-refractivity contribution in [2.75, 3.05) is 5.32 Å². The highest BCUT2D eigenvalue weighted by Crippen LogP contribution is 2.31. The molecule has 0 radical (unpaired) electrons. The van der Waals surface area contributed by atoms with E-state index < -0.39 is 5.82 Å². The quantitative estimate of drug-likeness (QED) is 0.815. The van der Waals surface area contributed by atoms with Crippen molar-refractivity contribution < 1.29 is 8.78 Å². The summed E-state index contributed by atoms with van der Waals surface area (Å²) in [7, 11) is 0. The first-order valence-electron chi connectivity index (χ1n) is 6.28. The van der Waals surface area contributed by atoms with E-state index in [1.807, 2.05) is 0 Å². The van der Waals surface area contributed by atoms with E-state index in [0.29, 0.717) is 5.92 Å². The fourth-order valence-electron chi connectivity index (χ4n) is 2.51. The average Bonchev–Trinajstić information content (AvgIpc) is 2.29. The first-order chi connectivity index (χ1) is 8.06. The lowest BCUT2D eigenvalue weighted by Crippen LogP contribution is -2.30. The maximum Gasteiger partial charge on any atom is 0.146 e. The maximum absolute atomic E-state index is 13.5. The number of hydrogen-bond donors (Lipinski definition) is 1. The van der Waals surface area contributed by atoms with Crippen molar-refractivity contribution in [3.8, 4) is 0 Å². The van der Waals surface area contributed by atoms with Gasteiger partial charge >= 0.3 is 0 Å². The van der Waals surface area contributed by atoms with E-state index in [2.05, 4.69) is 19.2 Å². The number of hydrogen-bond acceptors (Lipinski definition) is 1. The lowest BCUT2D eigenvalue weighted by Gasteiger charge is -2.33. The molecule has 1 aromatic rings. The number of rotatable bonds is 2. The third-order valence-electron chi connectivity index (χ3n) is 3.89. The molecule has 0 spiro atoms. The van der Waals surface area contributed by atoms with Gasteiger partial charge in [-0.25, -0.2) is 8.78 Å². The zero-order valence-electron chi connectivity index (χ0n) is 10.3. The molecular weight excluding hydrogens is 220 g/mol. The predicted octanol–water partition coefficient (Wildman–Crippen LogP) is 4.20. The fourth-order valence-corrected chi connectivity index (χ4v) is 2.51. The summed E-state index contributed by atoms with van der Waals surface area (Å²) in [5, 5.41) is 3.13. The number of benzene rings is 1. The predicted molar refractivity (Wildman–Crippen MR) is 65.9 cm³/mol. The monoisotopic (exact) mass is 239 g/mol. The largest absolute Gasteiger partial charge is 0.380 e. The maximum atomic E-state index is 13.5. The second-order valence-corrected chi connectivity index (χ2v) is 5.23. The molecule has 1 aliphatic rings. The highest BCUT2D eigenvalue weighted by atomic mass is 19.1. The third-order valence-corrected chi connectivity index (χ3v) is 3.89. The van der Waals surface area contributed by atoms with Gasteiger partial charge in [-0.2, -0.15) is 0 Å². The van der Waals surface area contributed by atoms with Crippen LogP contribution in [0.5, 0.6) is 0 Å². The van der Waals surface area contributed by atoms with Gasteiger partial charge in [0.05, 0.1) is 5.69 Å². The molecule has 2 rings (SSSR count). The molecule has 3 heteroatoms. The molecule has 0 heterocycles. The molecule has 1 nitrogen and oxygen atoms in total. The van der Waals surface area contributed by atoms with Gasteiger partial charge in [-0.05, 0) is 49.3 Å². The second kappa shape index (κ2) is 5.03. The van der Waals surface area contributed by atoms with Gasteiger partial charge in [0.25, 0.3) is 0 Å². The van der Waals surface area contributed by atoms with Crippen molar-refractivity contribution in [1.29, 1.82) is 0 Å². The minimum Gasteiger partial charge on any atom is -0.380 e. The van der Waals surface area contributed by atoms with E-state index in [9.17, 15) is 8.78 Å². The van der Waals surface area contributed by atoms with Crippen molar-refractivity contribution in [3.63, 3.8) is 0 Å². The van der Waals surface area contributed by atoms with Gasteiger partial charge in [0.15, 0.2) is 0 Å². The van der Waals surface area contributed by atoms with Gasteiger partial charge in [-0.3, -0.25) is 0 Å². The first-order valence-corrected chi connectivity index (χ1v) is 6.28. The van der Waals surface area contributed by atoms with Gasteiger partial charge in [-0.1, -0.05) is 13.8 Å². The standard InChI is InChI=1S/C14H19F2N/c1-9-3-5-12(7-10(9)2)17-14-8-11(15)4-6-13(14)16/h4,6,8-10,12,17H,3,5,7H2,1-2H3. The van der Waals surface area contributed by atoms with E-state index in [1.54, 1.807) is 0 Å². The molecule has 1 aliphatic carbocycles. The Morgan fingerprint density at radius 2 is 1.88 bits per heavy atom. The average molecular weight is 239 g/mol. The molecular formula is C14H19F2N. The lowest BCUT2D eigenvalue weighted by atomic mass is 9.79. The van der Waals surface area contributed by atoms with E-state index in [1.165, 1.54) is 12.1 Å². The van der Waals surface area contributed by atoms with Crippen LogP contribution < -0.4 is 5.32 Å². The molecule has 0 aromatic heterocycles. The third kappa shape index (κ3) is 2.96. The highest BCUT2D eigenvalue weighted by molar-refractivity contribution is 5.45. The van der Waals surface area contributed by atoms with Crippen LogP contribution in [0.15, 0.2) is 18.2 Å². The number of halogens is 2. The van der Waals surface area contributed by atoms with Crippen LogP contribution in [0.3, 0.4) is 0 Å². The summed E-state index contributed by atoms with van der Waals surface area (Å²) in [5.74, 6) is 0.590. The smallest absolute Gasteiger partial charge is 0.146 e. The van der Waals surface area contributed by atoms with E-state index >= 15 is 0 Å². The molecule has 0 amide bonds. The fraction of sp³-hybridized carbons (Fsp3) is 0.571. The molecule has 1 N–H and O–H groups in total. The van der Waals surface area contributed by atoms with Gasteiger partial charge in [0.2, 0.25) is 0 Å². The molecule has 1 saturated carbocycles. The molecule has 94 valence electrons. The van der Waals surface area contributed by atoms with Crippen molar-refractivity contribution in [3.05, 3.63) is 29.8 Å². The van der Waals surface area contributed by atoms with E-state index in [0.717, 1.165) is 31.2 Å². The van der Waals surface area contributed by atoms with Gasteiger partial charge in [0, 0.05) is 6.04 Å². The highest BCUT2D eigenvalue weighted by Gasteiger charge is 2.24. The van der Waals surface area contributed by atoms with Crippen molar-refractivity contribution in [2.45, 2.75) is 39.2 Å². The summed E-state index contributed by atoms with van der Waals surface area (Å²) in [6.45, 7) is 4.48. The van der Waals surface area contributed by atoms with Crippen LogP contribution in [-0.4, -0.2) is 6.04 Å². The SMILES string of the molecule is CC1CCC(Nc2cc(F)ccc2F)CC1C. The Balaban J connectivity index is 2.03. The summed E-state index contributed by atoms with van der Waals surface area (Å²) in [6, 6.07) is 3.81. The minimum absolute atomic E-state index is 0.262. The van der Waals surface area contributed by atoms with Crippen molar-refractivity contribution in [1.82, 2.24) is 0 Å². The van der Waals surface area contributed by atoms with Gasteiger partial charge < -0.3 is 5.32 Å². The van der Waals surface area contributed by atoms with Crippen LogP contribution in [-0.2, 0) is 0 Å². The summed E-state index contributed by atoms with van der Waals surface area (Å²) >= 11 is 0. The second-order valence-electron chi connectivity index (χ2n) is 5.23. The molecule has 3 atom stereocenters. The zero-order valence-corrected chi connectivity index (χ0v) is 10.3. The lowest BCUT2D eigenvalue weighted by molar-refractivity contribution is 0.260. The Hall–Kier alpha value is -1.12. The molecule has 0 bridgehead atoms. The van der Waals surface area contributed by atoms with Crippen molar-refractivity contribution >= 4 is 5.69 Å².